The van der Waals surface area contributed by atoms with Crippen molar-refractivity contribution in [2.45, 2.75) is 24.7 Å². The highest BCUT2D eigenvalue weighted by Crippen LogP contribution is 2.26. The highest BCUT2D eigenvalue weighted by molar-refractivity contribution is 7.99. The third-order valence-electron chi connectivity index (χ3n) is 2.98. The molecule has 0 aromatic heterocycles. The predicted molar refractivity (Wildman–Crippen MR) is 85.5 cm³/mol. The summed E-state index contributed by atoms with van der Waals surface area (Å²) in [7, 11) is 0. The van der Waals surface area contributed by atoms with E-state index in [0.29, 0.717) is 0 Å². The Morgan fingerprint density at radius 2 is 1.89 bits per heavy atom. The Balaban J connectivity index is 1.81. The highest BCUT2D eigenvalue weighted by Gasteiger charge is 2.00. The molecule has 0 amide bonds. The Bertz CT molecular complexity index is 552. The van der Waals surface area contributed by atoms with Gasteiger partial charge in [-0.2, -0.15) is 0 Å². The number of aryl methyl sites for hydroxylation is 2. The van der Waals surface area contributed by atoms with Gasteiger partial charge in [-0.1, -0.05) is 18.2 Å². The monoisotopic (exact) mass is 272 g/mol. The van der Waals surface area contributed by atoms with Crippen LogP contribution in [-0.2, 0) is 6.42 Å². The number of rotatable bonds is 5. The number of benzene rings is 2. The molecule has 2 rings (SSSR count). The van der Waals surface area contributed by atoms with Gasteiger partial charge in [-0.15, -0.1) is 11.8 Å². The van der Waals surface area contributed by atoms with E-state index in [1.54, 1.807) is 0 Å². The van der Waals surface area contributed by atoms with Gasteiger partial charge in [0.15, 0.2) is 0 Å². The van der Waals surface area contributed by atoms with Crippen LogP contribution in [0.1, 0.15) is 17.5 Å². The zero-order valence-electron chi connectivity index (χ0n) is 11.2. The maximum atomic E-state index is 6.00. The SMILES string of the molecule is Cc1ccc(SCCCc2cccc(N)c2)c(N)c1. The Morgan fingerprint density at radius 3 is 2.63 bits per heavy atom. The fourth-order valence-electron chi connectivity index (χ4n) is 2.01. The van der Waals surface area contributed by atoms with Crippen molar-refractivity contribution in [2.75, 3.05) is 17.2 Å². The maximum Gasteiger partial charge on any atom is 0.0454 e. The summed E-state index contributed by atoms with van der Waals surface area (Å²) in [6.07, 6.45) is 2.19. The van der Waals surface area contributed by atoms with Gasteiger partial charge >= 0.3 is 0 Å². The van der Waals surface area contributed by atoms with Crippen LogP contribution in [0, 0.1) is 6.92 Å². The van der Waals surface area contributed by atoms with Crippen LogP contribution >= 0.6 is 11.8 Å². The average Bonchev–Trinajstić information content (AvgIpc) is 2.37. The predicted octanol–water partition coefficient (Wildman–Crippen LogP) is 3.88. The van der Waals surface area contributed by atoms with Crippen LogP contribution in [0.25, 0.3) is 0 Å². The molecule has 0 fully saturated rings. The molecule has 0 radical (unpaired) electrons. The second kappa shape index (κ2) is 6.53. The van der Waals surface area contributed by atoms with Crippen LogP contribution in [0.2, 0.25) is 0 Å². The van der Waals surface area contributed by atoms with Gasteiger partial charge in [0.05, 0.1) is 0 Å². The fourth-order valence-corrected chi connectivity index (χ4v) is 2.90. The van der Waals surface area contributed by atoms with Gasteiger partial charge < -0.3 is 11.5 Å². The van der Waals surface area contributed by atoms with E-state index >= 15 is 0 Å². The van der Waals surface area contributed by atoms with Crippen molar-refractivity contribution in [3.63, 3.8) is 0 Å². The lowest BCUT2D eigenvalue weighted by atomic mass is 10.1. The number of hydrogen-bond donors (Lipinski definition) is 2. The zero-order valence-corrected chi connectivity index (χ0v) is 12.0. The summed E-state index contributed by atoms with van der Waals surface area (Å²) in [6, 6.07) is 14.3. The van der Waals surface area contributed by atoms with Crippen LogP contribution in [0.5, 0.6) is 0 Å². The van der Waals surface area contributed by atoms with Crippen molar-refractivity contribution in [1.82, 2.24) is 0 Å². The van der Waals surface area contributed by atoms with Crippen molar-refractivity contribution in [2.24, 2.45) is 0 Å². The third kappa shape index (κ3) is 4.21. The van der Waals surface area contributed by atoms with E-state index in [1.165, 1.54) is 16.0 Å². The van der Waals surface area contributed by atoms with E-state index in [9.17, 15) is 0 Å². The molecule has 0 spiro atoms. The topological polar surface area (TPSA) is 52.0 Å². The van der Waals surface area contributed by atoms with Gasteiger partial charge in [0.1, 0.15) is 0 Å². The minimum Gasteiger partial charge on any atom is -0.399 e. The zero-order chi connectivity index (χ0) is 13.7. The molecule has 2 aromatic rings. The summed E-state index contributed by atoms with van der Waals surface area (Å²) in [5, 5.41) is 0. The first-order valence-corrected chi connectivity index (χ1v) is 7.47. The van der Waals surface area contributed by atoms with E-state index < -0.39 is 0 Å². The molecule has 0 unspecified atom stereocenters. The van der Waals surface area contributed by atoms with Gasteiger partial charge in [0.2, 0.25) is 0 Å². The van der Waals surface area contributed by atoms with Gasteiger partial charge in [-0.3, -0.25) is 0 Å². The molecule has 19 heavy (non-hydrogen) atoms. The molecule has 3 heteroatoms. The highest BCUT2D eigenvalue weighted by atomic mass is 32.2. The van der Waals surface area contributed by atoms with Crippen LogP contribution in [0.3, 0.4) is 0 Å². The lowest BCUT2D eigenvalue weighted by Gasteiger charge is -2.06. The summed E-state index contributed by atoms with van der Waals surface area (Å²) in [5.74, 6) is 1.07. The molecule has 0 atom stereocenters. The summed E-state index contributed by atoms with van der Waals surface area (Å²) in [4.78, 5) is 1.18. The molecule has 2 aromatic carbocycles. The smallest absolute Gasteiger partial charge is 0.0454 e. The Kier molecular flexibility index (Phi) is 4.74. The van der Waals surface area contributed by atoms with Crippen molar-refractivity contribution in [3.05, 3.63) is 53.6 Å². The first kappa shape index (κ1) is 13.8. The number of nitrogen functional groups attached to an aromatic ring is 2. The van der Waals surface area contributed by atoms with E-state index in [1.807, 2.05) is 36.0 Å². The molecule has 0 aliphatic carbocycles. The normalized spacial score (nSPS) is 10.6. The summed E-state index contributed by atoms with van der Waals surface area (Å²) in [6.45, 7) is 2.06. The van der Waals surface area contributed by atoms with Crippen molar-refractivity contribution < 1.29 is 0 Å². The molecule has 2 nitrogen and oxygen atoms in total. The first-order valence-electron chi connectivity index (χ1n) is 6.48. The molecule has 0 aliphatic rings. The number of thioether (sulfide) groups is 1. The number of anilines is 2. The number of nitrogens with two attached hydrogens (primary N) is 2. The third-order valence-corrected chi connectivity index (χ3v) is 4.16. The van der Waals surface area contributed by atoms with Crippen molar-refractivity contribution >= 4 is 23.1 Å². The van der Waals surface area contributed by atoms with Crippen molar-refractivity contribution in [1.29, 1.82) is 0 Å². The van der Waals surface area contributed by atoms with E-state index in [-0.39, 0.29) is 0 Å². The van der Waals surface area contributed by atoms with Gasteiger partial charge in [0, 0.05) is 16.3 Å². The quantitative estimate of drug-likeness (QED) is 0.493. The van der Waals surface area contributed by atoms with E-state index in [4.69, 9.17) is 11.5 Å². The van der Waals surface area contributed by atoms with Crippen LogP contribution < -0.4 is 11.5 Å². The minimum absolute atomic E-state index is 0.841. The lowest BCUT2D eigenvalue weighted by molar-refractivity contribution is 0.933. The van der Waals surface area contributed by atoms with Gasteiger partial charge in [-0.05, 0) is 60.9 Å². The maximum absolute atomic E-state index is 6.00. The van der Waals surface area contributed by atoms with Crippen LogP contribution in [0.4, 0.5) is 11.4 Å². The Morgan fingerprint density at radius 1 is 1.05 bits per heavy atom. The van der Waals surface area contributed by atoms with E-state index in [0.717, 1.165) is 30.0 Å². The summed E-state index contributed by atoms with van der Waals surface area (Å²) < 4.78 is 0. The molecule has 0 bridgehead atoms. The minimum atomic E-state index is 0.841. The molecule has 100 valence electrons. The second-order valence-electron chi connectivity index (χ2n) is 4.74. The van der Waals surface area contributed by atoms with Gasteiger partial charge in [-0.25, -0.2) is 0 Å². The molecule has 0 saturated heterocycles. The summed E-state index contributed by atoms with van der Waals surface area (Å²) in [5.41, 5.74) is 16.0. The lowest BCUT2D eigenvalue weighted by Crippen LogP contribution is -1.93. The molecule has 0 aliphatic heterocycles. The Labute approximate surface area is 119 Å². The molecule has 0 saturated carbocycles. The Hall–Kier alpha value is -1.61. The largest absolute Gasteiger partial charge is 0.399 e. The van der Waals surface area contributed by atoms with Crippen LogP contribution in [0.15, 0.2) is 47.4 Å². The standard InChI is InChI=1S/C16H20N2S/c1-12-7-8-16(15(18)10-12)19-9-3-5-13-4-2-6-14(17)11-13/h2,4,6-8,10-11H,3,5,9,17-18H2,1H3. The first-order chi connectivity index (χ1) is 9.15. The molecule has 4 N–H and O–H groups in total. The second-order valence-corrected chi connectivity index (χ2v) is 5.88. The molecular weight excluding hydrogens is 252 g/mol. The number of hydrogen-bond acceptors (Lipinski definition) is 3. The molecule has 0 heterocycles. The van der Waals surface area contributed by atoms with Crippen LogP contribution in [-0.4, -0.2) is 5.75 Å². The average molecular weight is 272 g/mol. The van der Waals surface area contributed by atoms with Gasteiger partial charge in [0.25, 0.3) is 0 Å². The van der Waals surface area contributed by atoms with E-state index in [2.05, 4.69) is 25.1 Å². The molecular formula is C16H20N2S. The fraction of sp³-hybridized carbons (Fsp3) is 0.250. The summed E-state index contributed by atoms with van der Waals surface area (Å²) >= 11 is 1.82. The van der Waals surface area contributed by atoms with Crippen molar-refractivity contribution in [3.8, 4) is 0 Å².